The van der Waals surface area contributed by atoms with Crippen molar-refractivity contribution in [2.75, 3.05) is 6.54 Å². The molecule has 1 N–H and O–H groups in total. The molecule has 2 atom stereocenters. The molecule has 0 radical (unpaired) electrons. The third kappa shape index (κ3) is 5.02. The normalized spacial score (nSPS) is 22.2. The van der Waals surface area contributed by atoms with Crippen LogP contribution in [0, 0.1) is 17.0 Å². The number of aromatic nitrogens is 1. The second-order valence-electron chi connectivity index (χ2n) is 8.39. The summed E-state index contributed by atoms with van der Waals surface area (Å²) in [6, 6.07) is 5.11. The van der Waals surface area contributed by atoms with E-state index in [1.807, 2.05) is 4.90 Å². The number of benzene rings is 1. The quantitative estimate of drug-likeness (QED) is 0.392. The van der Waals surface area contributed by atoms with Crippen LogP contribution in [0.2, 0.25) is 10.2 Å². The molecule has 1 aliphatic heterocycles. The molecule has 0 aliphatic carbocycles. The predicted octanol–water partition coefficient (Wildman–Crippen LogP) is 6.08. The molecule has 0 spiro atoms. The number of carboxylic acids is 1. The van der Waals surface area contributed by atoms with Gasteiger partial charge in [0.1, 0.15) is 11.0 Å². The highest BCUT2D eigenvalue weighted by Crippen LogP contribution is 2.41. The monoisotopic (exact) mass is 492 g/mol. The molecule has 0 unspecified atom stereocenters. The summed E-state index contributed by atoms with van der Waals surface area (Å²) in [5.74, 6) is -6.46. The van der Waals surface area contributed by atoms with Crippen molar-refractivity contribution in [3.05, 3.63) is 62.9 Å². The van der Waals surface area contributed by atoms with E-state index >= 15 is 0 Å². The minimum Gasteiger partial charge on any atom is -0.481 e. The van der Waals surface area contributed by atoms with Gasteiger partial charge in [0.2, 0.25) is 0 Å². The topological polar surface area (TPSA) is 53.4 Å². The first-order valence-corrected chi connectivity index (χ1v) is 10.7. The van der Waals surface area contributed by atoms with Gasteiger partial charge in [0.25, 0.3) is 5.92 Å². The van der Waals surface area contributed by atoms with Gasteiger partial charge in [0.05, 0.1) is 21.7 Å². The van der Waals surface area contributed by atoms with Gasteiger partial charge in [-0.3, -0.25) is 9.69 Å². The average molecular weight is 493 g/mol. The Labute approximate surface area is 193 Å². The summed E-state index contributed by atoms with van der Waals surface area (Å²) in [6.07, 6.45) is -0.197. The Bertz CT molecular complexity index is 1030. The minimum absolute atomic E-state index is 0.00178. The lowest BCUT2D eigenvalue weighted by Crippen LogP contribution is -2.50. The second-order valence-corrected chi connectivity index (χ2v) is 9.18. The molecule has 10 heteroatoms. The molecule has 174 valence electrons. The molecule has 1 aliphatic rings. The number of halogens is 6. The number of pyridine rings is 1. The number of hydrogen-bond donors (Lipinski definition) is 1. The Morgan fingerprint density at radius 3 is 2.59 bits per heavy atom. The van der Waals surface area contributed by atoms with E-state index in [4.69, 9.17) is 23.2 Å². The third-order valence-corrected chi connectivity index (χ3v) is 6.51. The fourth-order valence-electron chi connectivity index (χ4n) is 4.23. The summed E-state index contributed by atoms with van der Waals surface area (Å²) in [5.41, 5.74) is -2.38. The van der Waals surface area contributed by atoms with Crippen LogP contribution in [0.3, 0.4) is 0 Å². The molecular formula is C22H22Cl2F4N2O2. The number of nitrogens with zero attached hydrogens (tertiary/aromatic N) is 2. The van der Waals surface area contributed by atoms with Gasteiger partial charge in [-0.15, -0.1) is 0 Å². The number of carboxylic acid groups (broad SMARTS) is 1. The maximum atomic E-state index is 14.8. The van der Waals surface area contributed by atoms with Gasteiger partial charge >= 0.3 is 5.97 Å². The van der Waals surface area contributed by atoms with Crippen LogP contribution in [0.15, 0.2) is 24.3 Å². The standard InChI is InChI=1S/C22H22Cl2F4N2O2/c1-12-9-22(20(31)32,6-7-30(12)11-13-4-3-5-15(23)18(13)25)10-16-19(26)14(21(2,27)28)8-17(24)29-16/h3-5,8,12H,6-7,9-11H2,1-2H3,(H,31,32)/t12-,22-/m1/s1. The molecular weight excluding hydrogens is 471 g/mol. The van der Waals surface area contributed by atoms with Crippen molar-refractivity contribution in [1.29, 1.82) is 0 Å². The van der Waals surface area contributed by atoms with Gasteiger partial charge in [-0.05, 0) is 38.4 Å². The zero-order valence-corrected chi connectivity index (χ0v) is 19.0. The smallest absolute Gasteiger partial charge is 0.310 e. The molecule has 4 nitrogen and oxygen atoms in total. The summed E-state index contributed by atoms with van der Waals surface area (Å²) in [4.78, 5) is 18.0. The Morgan fingerprint density at radius 1 is 1.31 bits per heavy atom. The van der Waals surface area contributed by atoms with Crippen molar-refractivity contribution in [3.8, 4) is 0 Å². The molecule has 2 heterocycles. The minimum atomic E-state index is -3.50. The van der Waals surface area contributed by atoms with Crippen LogP contribution in [0.1, 0.15) is 43.5 Å². The largest absolute Gasteiger partial charge is 0.481 e. The molecule has 3 rings (SSSR count). The van der Waals surface area contributed by atoms with Crippen molar-refractivity contribution in [2.24, 2.45) is 5.41 Å². The number of likely N-dealkylation sites (tertiary alicyclic amines) is 1. The number of rotatable bonds is 6. The Balaban J connectivity index is 1.86. The summed E-state index contributed by atoms with van der Waals surface area (Å²) < 4.78 is 56.7. The van der Waals surface area contributed by atoms with E-state index in [0.29, 0.717) is 12.5 Å². The summed E-state index contributed by atoms with van der Waals surface area (Å²) in [5, 5.41) is 9.65. The lowest BCUT2D eigenvalue weighted by molar-refractivity contribution is -0.153. The van der Waals surface area contributed by atoms with E-state index in [1.165, 1.54) is 6.07 Å². The Morgan fingerprint density at radius 2 is 2.00 bits per heavy atom. The van der Waals surface area contributed by atoms with Gasteiger partial charge in [-0.2, -0.15) is 0 Å². The molecule has 32 heavy (non-hydrogen) atoms. The van der Waals surface area contributed by atoms with Crippen LogP contribution >= 0.6 is 23.2 Å². The van der Waals surface area contributed by atoms with Crippen molar-refractivity contribution in [3.63, 3.8) is 0 Å². The van der Waals surface area contributed by atoms with Crippen LogP contribution in [-0.4, -0.2) is 33.5 Å². The molecule has 1 aromatic heterocycles. The van der Waals surface area contributed by atoms with E-state index in [2.05, 4.69) is 4.98 Å². The summed E-state index contributed by atoms with van der Waals surface area (Å²) in [7, 11) is 0. The summed E-state index contributed by atoms with van der Waals surface area (Å²) in [6.45, 7) is 2.82. The van der Waals surface area contributed by atoms with Gasteiger partial charge in [-0.25, -0.2) is 22.5 Å². The highest BCUT2D eigenvalue weighted by Gasteiger charge is 2.46. The van der Waals surface area contributed by atoms with E-state index < -0.39 is 40.2 Å². The van der Waals surface area contributed by atoms with Crippen molar-refractivity contribution < 1.29 is 27.5 Å². The number of carbonyl (C=O) groups is 1. The highest BCUT2D eigenvalue weighted by molar-refractivity contribution is 6.30. The first-order valence-electron chi connectivity index (χ1n) is 9.97. The molecule has 0 amide bonds. The Kier molecular flexibility index (Phi) is 7.08. The maximum absolute atomic E-state index is 14.8. The highest BCUT2D eigenvalue weighted by atomic mass is 35.5. The second kappa shape index (κ2) is 9.15. The average Bonchev–Trinajstić information content (AvgIpc) is 2.69. The number of hydrogen-bond acceptors (Lipinski definition) is 3. The van der Waals surface area contributed by atoms with Gasteiger partial charge in [0, 0.05) is 31.5 Å². The van der Waals surface area contributed by atoms with Crippen molar-refractivity contribution >= 4 is 29.2 Å². The molecule has 1 aromatic carbocycles. The van der Waals surface area contributed by atoms with Crippen LogP contribution in [0.4, 0.5) is 17.6 Å². The first kappa shape index (κ1) is 24.7. The SMILES string of the molecule is C[C@@H]1C[C@](Cc2nc(Cl)cc(C(C)(F)F)c2F)(C(=O)O)CCN1Cc1cccc(Cl)c1F. The fraction of sp³-hybridized carbons (Fsp3) is 0.455. The van der Waals surface area contributed by atoms with Crippen LogP contribution < -0.4 is 0 Å². The van der Waals surface area contributed by atoms with E-state index in [0.717, 1.165) is 6.07 Å². The number of aliphatic carboxylic acids is 1. The number of alkyl halides is 2. The van der Waals surface area contributed by atoms with E-state index in [9.17, 15) is 27.5 Å². The zero-order chi connectivity index (χ0) is 23.8. The van der Waals surface area contributed by atoms with Gasteiger partial charge < -0.3 is 5.11 Å². The molecule has 1 fully saturated rings. The maximum Gasteiger partial charge on any atom is 0.310 e. The summed E-state index contributed by atoms with van der Waals surface area (Å²) >= 11 is 11.7. The predicted molar refractivity (Wildman–Crippen MR) is 113 cm³/mol. The van der Waals surface area contributed by atoms with E-state index in [-0.39, 0.29) is 48.6 Å². The lowest BCUT2D eigenvalue weighted by Gasteiger charge is -2.43. The first-order chi connectivity index (χ1) is 14.8. The van der Waals surface area contributed by atoms with Crippen LogP contribution in [0.25, 0.3) is 0 Å². The van der Waals surface area contributed by atoms with Crippen LogP contribution in [0.5, 0.6) is 0 Å². The zero-order valence-electron chi connectivity index (χ0n) is 17.4. The lowest BCUT2D eigenvalue weighted by atomic mass is 9.72. The van der Waals surface area contributed by atoms with Gasteiger partial charge in [-0.1, -0.05) is 35.3 Å². The molecule has 2 aromatic rings. The van der Waals surface area contributed by atoms with Crippen molar-refractivity contribution in [2.45, 2.75) is 51.6 Å². The van der Waals surface area contributed by atoms with Crippen LogP contribution in [-0.2, 0) is 23.7 Å². The molecule has 0 bridgehead atoms. The van der Waals surface area contributed by atoms with E-state index in [1.54, 1.807) is 19.1 Å². The third-order valence-electron chi connectivity index (χ3n) is 6.02. The van der Waals surface area contributed by atoms with Crippen molar-refractivity contribution in [1.82, 2.24) is 9.88 Å². The molecule has 0 saturated carbocycles. The fourth-order valence-corrected chi connectivity index (χ4v) is 4.64. The number of piperidine rings is 1. The molecule has 1 saturated heterocycles. The Hall–Kier alpha value is -1.90. The van der Waals surface area contributed by atoms with Gasteiger partial charge in [0.15, 0.2) is 5.82 Å².